The van der Waals surface area contributed by atoms with Crippen LogP contribution in [0.15, 0.2) is 60.0 Å². The van der Waals surface area contributed by atoms with Crippen LogP contribution in [0.1, 0.15) is 12.0 Å². The molecule has 1 atom stereocenters. The number of halogens is 2. The van der Waals surface area contributed by atoms with Crippen molar-refractivity contribution in [2.75, 3.05) is 5.32 Å². The van der Waals surface area contributed by atoms with Crippen LogP contribution in [0, 0.1) is 0 Å². The van der Waals surface area contributed by atoms with Gasteiger partial charge in [-0.2, -0.15) is 0 Å². The number of benzene rings is 2. The topological polar surface area (TPSA) is 79.3 Å². The highest BCUT2D eigenvalue weighted by Crippen LogP contribution is 2.31. The Bertz CT molecular complexity index is 996. The van der Waals surface area contributed by atoms with E-state index in [-0.39, 0.29) is 11.6 Å². The summed E-state index contributed by atoms with van der Waals surface area (Å²) >= 11 is 7.25. The minimum absolute atomic E-state index is 0.167. The van der Waals surface area contributed by atoms with Crippen molar-refractivity contribution in [2.24, 2.45) is 0 Å². The molecular weight excluding hydrogens is 403 g/mol. The van der Waals surface area contributed by atoms with Crippen molar-refractivity contribution in [3.05, 3.63) is 70.6 Å². The number of carbonyl (C=O) groups is 2. The van der Waals surface area contributed by atoms with E-state index < -0.39 is 24.0 Å². The summed E-state index contributed by atoms with van der Waals surface area (Å²) in [6.07, 6.45) is -1.30. The first kappa shape index (κ1) is 20.0. The maximum absolute atomic E-state index is 15.4. The van der Waals surface area contributed by atoms with Crippen LogP contribution in [0.3, 0.4) is 0 Å². The van der Waals surface area contributed by atoms with Gasteiger partial charge in [-0.3, -0.25) is 14.9 Å². The van der Waals surface area contributed by atoms with Gasteiger partial charge >= 0.3 is 5.97 Å². The molecule has 2 N–H and O–H groups in total. The molecule has 0 spiro atoms. The van der Waals surface area contributed by atoms with E-state index in [9.17, 15) is 9.59 Å². The van der Waals surface area contributed by atoms with E-state index in [0.717, 1.165) is 11.3 Å². The summed E-state index contributed by atoms with van der Waals surface area (Å²) in [6, 6.07) is 15.5. The number of aliphatic carboxylic acids is 1. The van der Waals surface area contributed by atoms with Crippen LogP contribution < -0.4 is 5.32 Å². The highest BCUT2D eigenvalue weighted by atomic mass is 35.5. The Morgan fingerprint density at radius 2 is 1.82 bits per heavy atom. The number of nitrogens with zero attached hydrogens (tertiary/aromatic N) is 1. The number of amides is 1. The fraction of sp³-hybridized carbons (Fsp3) is 0.150. The summed E-state index contributed by atoms with van der Waals surface area (Å²) in [5.41, 5.74) is -0.861. The number of aromatic nitrogens is 1. The second-order valence-corrected chi connectivity index (χ2v) is 7.44. The highest BCUT2D eigenvalue weighted by Gasteiger charge is 2.41. The Kier molecular flexibility index (Phi) is 6.06. The zero-order chi connectivity index (χ0) is 20.1. The standard InChI is InChI=1S/C20H16ClFN2O3S/c21-15-9-5-4-8-14(15)16-12-28-19(23-16)24-18(27)20(22,11-17(25)26)10-13-6-2-1-3-7-13/h1-9,12H,10-11H2,(H,25,26)(H,23,24,27). The maximum Gasteiger partial charge on any atom is 0.307 e. The largest absolute Gasteiger partial charge is 0.481 e. The van der Waals surface area contributed by atoms with E-state index in [0.29, 0.717) is 21.8 Å². The minimum Gasteiger partial charge on any atom is -0.481 e. The number of carbonyl (C=O) groups excluding carboxylic acids is 1. The summed E-state index contributed by atoms with van der Waals surface area (Å²) in [5, 5.41) is 13.8. The first-order chi connectivity index (χ1) is 13.4. The van der Waals surface area contributed by atoms with Crippen molar-refractivity contribution in [3.8, 4) is 11.3 Å². The number of nitrogens with one attached hydrogen (secondary N) is 1. The van der Waals surface area contributed by atoms with Crippen LogP contribution in [0.25, 0.3) is 11.3 Å². The highest BCUT2D eigenvalue weighted by molar-refractivity contribution is 7.14. The number of hydrogen-bond donors (Lipinski definition) is 2. The van der Waals surface area contributed by atoms with Crippen molar-refractivity contribution in [1.29, 1.82) is 0 Å². The number of hydrogen-bond acceptors (Lipinski definition) is 4. The zero-order valence-corrected chi connectivity index (χ0v) is 16.1. The fourth-order valence-corrected chi connectivity index (χ4v) is 3.65. The van der Waals surface area contributed by atoms with E-state index in [1.165, 1.54) is 0 Å². The molecule has 0 saturated carbocycles. The Labute approximate surface area is 169 Å². The molecule has 3 aromatic rings. The van der Waals surface area contributed by atoms with Crippen molar-refractivity contribution in [3.63, 3.8) is 0 Å². The molecule has 0 fully saturated rings. The van der Waals surface area contributed by atoms with Crippen molar-refractivity contribution >= 4 is 39.9 Å². The third-order valence-electron chi connectivity index (χ3n) is 4.04. The van der Waals surface area contributed by atoms with Gasteiger partial charge < -0.3 is 5.11 Å². The van der Waals surface area contributed by atoms with Crippen LogP contribution in [-0.2, 0) is 16.0 Å². The van der Waals surface area contributed by atoms with Gasteiger partial charge in [0.1, 0.15) is 0 Å². The van der Waals surface area contributed by atoms with Gasteiger partial charge in [-0.1, -0.05) is 60.1 Å². The number of carboxylic acids is 1. The van der Waals surface area contributed by atoms with E-state index in [1.54, 1.807) is 60.0 Å². The average Bonchev–Trinajstić information content (AvgIpc) is 3.10. The summed E-state index contributed by atoms with van der Waals surface area (Å²) < 4.78 is 15.4. The first-order valence-corrected chi connectivity index (χ1v) is 9.60. The van der Waals surface area contributed by atoms with Gasteiger partial charge in [0.15, 0.2) is 5.13 Å². The lowest BCUT2D eigenvalue weighted by atomic mass is 9.92. The first-order valence-electron chi connectivity index (χ1n) is 8.34. The van der Waals surface area contributed by atoms with Gasteiger partial charge in [-0.05, 0) is 11.6 Å². The number of rotatable bonds is 7. The molecule has 3 rings (SSSR count). The van der Waals surface area contributed by atoms with Crippen molar-refractivity contribution in [1.82, 2.24) is 4.98 Å². The average molecular weight is 419 g/mol. The van der Waals surface area contributed by atoms with Gasteiger partial charge in [-0.25, -0.2) is 9.37 Å². The summed E-state index contributed by atoms with van der Waals surface area (Å²) in [4.78, 5) is 28.0. The van der Waals surface area contributed by atoms with Gasteiger partial charge in [0, 0.05) is 22.4 Å². The molecule has 1 amide bonds. The van der Waals surface area contributed by atoms with Crippen LogP contribution in [-0.4, -0.2) is 27.6 Å². The molecule has 1 aromatic heterocycles. The Morgan fingerprint density at radius 1 is 1.14 bits per heavy atom. The molecule has 0 radical (unpaired) electrons. The fourth-order valence-electron chi connectivity index (χ4n) is 2.72. The molecule has 0 aliphatic rings. The molecular formula is C20H16ClFN2O3S. The minimum atomic E-state index is -2.61. The lowest BCUT2D eigenvalue weighted by Gasteiger charge is -2.22. The van der Waals surface area contributed by atoms with Gasteiger partial charge in [-0.15, -0.1) is 11.3 Å². The monoisotopic (exact) mass is 418 g/mol. The van der Waals surface area contributed by atoms with Gasteiger partial charge in [0.2, 0.25) is 5.67 Å². The van der Waals surface area contributed by atoms with E-state index in [4.69, 9.17) is 16.7 Å². The molecule has 1 unspecified atom stereocenters. The van der Waals surface area contributed by atoms with Crippen LogP contribution in [0.5, 0.6) is 0 Å². The van der Waals surface area contributed by atoms with Crippen molar-refractivity contribution in [2.45, 2.75) is 18.5 Å². The zero-order valence-electron chi connectivity index (χ0n) is 14.6. The molecule has 0 aliphatic heterocycles. The molecule has 28 heavy (non-hydrogen) atoms. The van der Waals surface area contributed by atoms with Gasteiger partial charge in [0.25, 0.3) is 5.91 Å². The molecule has 0 bridgehead atoms. The lowest BCUT2D eigenvalue weighted by Crippen LogP contribution is -2.42. The summed E-state index contributed by atoms with van der Waals surface area (Å²) in [7, 11) is 0. The second kappa shape index (κ2) is 8.50. The van der Waals surface area contributed by atoms with Crippen molar-refractivity contribution < 1.29 is 19.1 Å². The van der Waals surface area contributed by atoms with E-state index in [1.807, 2.05) is 0 Å². The number of thiazole rings is 1. The maximum atomic E-state index is 15.4. The molecule has 8 heteroatoms. The third-order valence-corrected chi connectivity index (χ3v) is 5.13. The van der Waals surface area contributed by atoms with Gasteiger partial charge in [0.05, 0.1) is 12.1 Å². The molecule has 0 aliphatic carbocycles. The second-order valence-electron chi connectivity index (χ2n) is 6.17. The lowest BCUT2D eigenvalue weighted by molar-refractivity contribution is -0.144. The summed E-state index contributed by atoms with van der Waals surface area (Å²) in [6.45, 7) is 0. The molecule has 5 nitrogen and oxygen atoms in total. The quantitative estimate of drug-likeness (QED) is 0.576. The molecule has 1 heterocycles. The smallest absolute Gasteiger partial charge is 0.307 e. The summed E-state index contributed by atoms with van der Waals surface area (Å²) in [5.74, 6) is -2.44. The molecule has 2 aromatic carbocycles. The molecule has 144 valence electrons. The Balaban J connectivity index is 1.80. The SMILES string of the molecule is O=C(O)CC(F)(Cc1ccccc1)C(=O)Nc1nc(-c2ccccc2Cl)cs1. The van der Waals surface area contributed by atoms with Crippen LogP contribution in [0.2, 0.25) is 5.02 Å². The number of carboxylic acid groups (broad SMARTS) is 1. The van der Waals surface area contributed by atoms with E-state index in [2.05, 4.69) is 10.3 Å². The third kappa shape index (κ3) is 4.74. The Hall–Kier alpha value is -2.77. The van der Waals surface area contributed by atoms with E-state index >= 15 is 4.39 Å². The number of alkyl halides is 1. The Morgan fingerprint density at radius 3 is 2.50 bits per heavy atom. The molecule has 0 saturated heterocycles. The predicted octanol–water partition coefficient (Wildman–Crippen LogP) is 4.83. The van der Waals surface area contributed by atoms with Crippen LogP contribution >= 0.6 is 22.9 Å². The van der Waals surface area contributed by atoms with Crippen LogP contribution in [0.4, 0.5) is 9.52 Å². The number of anilines is 1. The predicted molar refractivity (Wildman–Crippen MR) is 107 cm³/mol. The normalized spacial score (nSPS) is 12.9.